The summed E-state index contributed by atoms with van der Waals surface area (Å²) in [5.41, 5.74) is 2.30. The lowest BCUT2D eigenvalue weighted by Gasteiger charge is -2.29. The summed E-state index contributed by atoms with van der Waals surface area (Å²) in [5.74, 6) is 0.912. The third kappa shape index (κ3) is 3.11. The molecule has 0 spiro atoms. The second-order valence-electron chi connectivity index (χ2n) is 7.61. The summed E-state index contributed by atoms with van der Waals surface area (Å²) in [6.45, 7) is 0.642. The molecule has 6 heteroatoms. The molecule has 0 aromatic carbocycles. The SMILES string of the molecule is S=C1N[C@@H](c2ccccn2)[C@H](c2cccn2C2CCCC2)N1Cc1ccco1. The number of nitrogens with one attached hydrogen (secondary N) is 1. The molecule has 3 aromatic heterocycles. The molecule has 3 aromatic rings. The molecule has 0 amide bonds. The van der Waals surface area contributed by atoms with Gasteiger partial charge in [-0.1, -0.05) is 18.9 Å². The Morgan fingerprint density at radius 3 is 2.75 bits per heavy atom. The molecule has 2 aliphatic rings. The van der Waals surface area contributed by atoms with Crippen LogP contribution >= 0.6 is 12.2 Å². The number of furan rings is 1. The van der Waals surface area contributed by atoms with Gasteiger partial charge in [0.15, 0.2) is 5.11 Å². The maximum Gasteiger partial charge on any atom is 0.170 e. The molecule has 2 fully saturated rings. The molecule has 1 saturated carbocycles. The van der Waals surface area contributed by atoms with Gasteiger partial charge in [-0.3, -0.25) is 4.98 Å². The van der Waals surface area contributed by atoms with Crippen LogP contribution < -0.4 is 5.32 Å². The Hall–Kier alpha value is -2.60. The van der Waals surface area contributed by atoms with Crippen LogP contribution in [0, 0.1) is 0 Å². The fraction of sp³-hybridized carbons (Fsp3) is 0.364. The lowest BCUT2D eigenvalue weighted by atomic mass is 10.0. The predicted octanol–water partition coefficient (Wildman–Crippen LogP) is 4.76. The van der Waals surface area contributed by atoms with Gasteiger partial charge in [-0.05, 0) is 61.5 Å². The van der Waals surface area contributed by atoms with Gasteiger partial charge in [0.25, 0.3) is 0 Å². The van der Waals surface area contributed by atoms with Gasteiger partial charge in [0.2, 0.25) is 0 Å². The Balaban J connectivity index is 1.56. The number of hydrogen-bond acceptors (Lipinski definition) is 3. The molecule has 5 nitrogen and oxygen atoms in total. The van der Waals surface area contributed by atoms with Crippen LogP contribution in [-0.4, -0.2) is 19.6 Å². The molecule has 0 unspecified atom stereocenters. The number of pyridine rings is 1. The highest BCUT2D eigenvalue weighted by Gasteiger charge is 2.42. The Kier molecular flexibility index (Phi) is 4.64. The number of aromatic nitrogens is 2. The second kappa shape index (κ2) is 7.43. The lowest BCUT2D eigenvalue weighted by Crippen LogP contribution is -2.30. The largest absolute Gasteiger partial charge is 0.467 e. The van der Waals surface area contributed by atoms with Gasteiger partial charge in [0.1, 0.15) is 5.76 Å². The van der Waals surface area contributed by atoms with Crippen LogP contribution in [0.2, 0.25) is 0 Å². The van der Waals surface area contributed by atoms with Crippen LogP contribution in [0.5, 0.6) is 0 Å². The van der Waals surface area contributed by atoms with E-state index in [9.17, 15) is 0 Å². The maximum absolute atomic E-state index is 5.76. The van der Waals surface area contributed by atoms with E-state index in [2.05, 4.69) is 44.2 Å². The molecular formula is C22H24N4OS. The van der Waals surface area contributed by atoms with Crippen molar-refractivity contribution in [2.45, 2.75) is 50.4 Å². The van der Waals surface area contributed by atoms with E-state index in [1.54, 1.807) is 6.26 Å². The summed E-state index contributed by atoms with van der Waals surface area (Å²) in [7, 11) is 0. The van der Waals surface area contributed by atoms with Crippen LogP contribution in [0.4, 0.5) is 0 Å². The highest BCUT2D eigenvalue weighted by Crippen LogP contribution is 2.42. The van der Waals surface area contributed by atoms with Crippen molar-refractivity contribution in [3.8, 4) is 0 Å². The number of hydrogen-bond donors (Lipinski definition) is 1. The van der Waals surface area contributed by atoms with E-state index in [0.29, 0.717) is 12.6 Å². The van der Waals surface area contributed by atoms with Gasteiger partial charge >= 0.3 is 0 Å². The van der Waals surface area contributed by atoms with Crippen molar-refractivity contribution in [3.63, 3.8) is 0 Å². The smallest absolute Gasteiger partial charge is 0.170 e. The van der Waals surface area contributed by atoms with Crippen molar-refractivity contribution in [1.82, 2.24) is 19.8 Å². The van der Waals surface area contributed by atoms with Crippen molar-refractivity contribution < 1.29 is 4.42 Å². The van der Waals surface area contributed by atoms with E-state index >= 15 is 0 Å². The number of nitrogens with zero attached hydrogens (tertiary/aromatic N) is 3. The molecule has 5 rings (SSSR count). The fourth-order valence-corrected chi connectivity index (χ4v) is 4.95. The maximum atomic E-state index is 5.76. The first-order chi connectivity index (χ1) is 13.8. The summed E-state index contributed by atoms with van der Waals surface area (Å²) in [4.78, 5) is 6.88. The zero-order valence-electron chi connectivity index (χ0n) is 15.7. The van der Waals surface area contributed by atoms with Crippen molar-refractivity contribution in [1.29, 1.82) is 0 Å². The number of rotatable bonds is 5. The van der Waals surface area contributed by atoms with Gasteiger partial charge in [-0.15, -0.1) is 0 Å². The van der Waals surface area contributed by atoms with Crippen LogP contribution in [-0.2, 0) is 6.54 Å². The van der Waals surface area contributed by atoms with E-state index in [4.69, 9.17) is 16.6 Å². The van der Waals surface area contributed by atoms with Crippen LogP contribution in [0.3, 0.4) is 0 Å². The highest BCUT2D eigenvalue weighted by molar-refractivity contribution is 7.80. The van der Waals surface area contributed by atoms with Crippen molar-refractivity contribution in [2.75, 3.05) is 0 Å². The minimum absolute atomic E-state index is 0.0127. The summed E-state index contributed by atoms with van der Waals surface area (Å²) < 4.78 is 8.10. The Bertz CT molecular complexity index is 931. The zero-order chi connectivity index (χ0) is 18.9. The summed E-state index contributed by atoms with van der Waals surface area (Å²) in [6, 6.07) is 15.1. The van der Waals surface area contributed by atoms with Gasteiger partial charge in [0, 0.05) is 24.1 Å². The monoisotopic (exact) mass is 392 g/mol. The lowest BCUT2D eigenvalue weighted by molar-refractivity contribution is 0.271. The average Bonchev–Trinajstić information content (AvgIpc) is 3.51. The van der Waals surface area contributed by atoms with E-state index in [0.717, 1.165) is 16.6 Å². The van der Waals surface area contributed by atoms with Gasteiger partial charge < -0.3 is 19.2 Å². The fourth-order valence-electron chi connectivity index (χ4n) is 4.64. The van der Waals surface area contributed by atoms with E-state index in [1.807, 2.05) is 30.5 Å². The quantitative estimate of drug-likeness (QED) is 0.634. The molecule has 1 N–H and O–H groups in total. The van der Waals surface area contributed by atoms with Gasteiger partial charge in [0.05, 0.1) is 30.6 Å². The highest BCUT2D eigenvalue weighted by atomic mass is 32.1. The molecule has 1 saturated heterocycles. The van der Waals surface area contributed by atoms with Crippen molar-refractivity contribution in [3.05, 3.63) is 78.3 Å². The molecule has 1 aliphatic carbocycles. The zero-order valence-corrected chi connectivity index (χ0v) is 16.5. The third-order valence-corrected chi connectivity index (χ3v) is 6.29. The first-order valence-corrected chi connectivity index (χ1v) is 10.4. The summed E-state index contributed by atoms with van der Waals surface area (Å²) >= 11 is 5.76. The topological polar surface area (TPSA) is 46.2 Å². The molecule has 28 heavy (non-hydrogen) atoms. The molecule has 0 radical (unpaired) electrons. The third-order valence-electron chi connectivity index (χ3n) is 5.94. The summed E-state index contributed by atoms with van der Waals surface area (Å²) in [5, 5.41) is 4.28. The standard InChI is InChI=1S/C22H24N4OS/c28-22-24-20(18-10-3-4-12-23-18)21(26(22)15-17-9-6-14-27-17)19-11-5-13-25(19)16-7-1-2-8-16/h3-6,9-14,16,20-21H,1-2,7-8,15H2,(H,24,28)/t20-,21-/m0/s1. The molecular weight excluding hydrogens is 368 g/mol. The Labute approximate surface area is 170 Å². The normalized spacial score (nSPS) is 22.7. The van der Waals surface area contributed by atoms with Crippen molar-refractivity contribution >= 4 is 17.3 Å². The first-order valence-electron chi connectivity index (χ1n) is 9.98. The van der Waals surface area contributed by atoms with E-state index in [-0.39, 0.29) is 12.1 Å². The molecule has 2 atom stereocenters. The van der Waals surface area contributed by atoms with Gasteiger partial charge in [-0.2, -0.15) is 0 Å². The van der Waals surface area contributed by atoms with E-state index < -0.39 is 0 Å². The molecule has 0 bridgehead atoms. The number of thiocarbonyl (C=S) groups is 1. The second-order valence-corrected chi connectivity index (χ2v) is 8.00. The minimum Gasteiger partial charge on any atom is -0.467 e. The summed E-state index contributed by atoms with van der Waals surface area (Å²) in [6.07, 6.45) is 10.9. The minimum atomic E-state index is 0.0127. The van der Waals surface area contributed by atoms with Crippen LogP contribution in [0.25, 0.3) is 0 Å². The first kappa shape index (κ1) is 17.5. The average molecular weight is 393 g/mol. The Morgan fingerprint density at radius 1 is 1.11 bits per heavy atom. The molecule has 4 heterocycles. The molecule has 144 valence electrons. The van der Waals surface area contributed by atoms with E-state index in [1.165, 1.54) is 31.4 Å². The van der Waals surface area contributed by atoms with Crippen LogP contribution in [0.1, 0.15) is 61.0 Å². The van der Waals surface area contributed by atoms with Crippen LogP contribution in [0.15, 0.2) is 65.5 Å². The van der Waals surface area contributed by atoms with Crippen molar-refractivity contribution in [2.24, 2.45) is 0 Å². The Morgan fingerprint density at radius 2 is 2.00 bits per heavy atom. The van der Waals surface area contributed by atoms with Gasteiger partial charge in [-0.25, -0.2) is 0 Å². The molecule has 1 aliphatic heterocycles. The predicted molar refractivity (Wildman–Crippen MR) is 112 cm³/mol.